The van der Waals surface area contributed by atoms with E-state index in [0.29, 0.717) is 23.4 Å². The number of rotatable bonds is 10. The third kappa shape index (κ3) is 6.41. The van der Waals surface area contributed by atoms with Gasteiger partial charge in [-0.15, -0.1) is 0 Å². The third-order valence-corrected chi connectivity index (χ3v) is 5.19. The first-order valence-corrected chi connectivity index (χ1v) is 9.58. The zero-order chi connectivity index (χ0) is 18.9. The number of aliphatic carboxylic acids is 1. The summed E-state index contributed by atoms with van der Waals surface area (Å²) in [6.45, 7) is 0. The van der Waals surface area contributed by atoms with E-state index in [9.17, 15) is 14.4 Å². The van der Waals surface area contributed by atoms with Gasteiger partial charge in [0.2, 0.25) is 0 Å². The summed E-state index contributed by atoms with van der Waals surface area (Å²) in [5.74, 6) is -0.439. The molecule has 1 aromatic carbocycles. The molecule has 26 heavy (non-hydrogen) atoms. The van der Waals surface area contributed by atoms with E-state index in [1.807, 2.05) is 6.08 Å². The van der Waals surface area contributed by atoms with Crippen LogP contribution < -0.4 is 0 Å². The van der Waals surface area contributed by atoms with Crippen LogP contribution in [-0.4, -0.2) is 22.6 Å². The van der Waals surface area contributed by atoms with Crippen molar-refractivity contribution in [3.63, 3.8) is 0 Å². The molecule has 1 fully saturated rings. The standard InChI is InChI=1S/C21H25ClO4/c22-17-11-7-16(8-12-17)19(23)13-9-15-10-14-20(24)18(15)5-3-1-2-4-6-21(25)26/h7-9,11-13,15,18H,1-6,10,14H2,(H,25,26)/b13-9+. The quantitative estimate of drug-likeness (QED) is 0.350. The Labute approximate surface area is 159 Å². The molecule has 0 saturated heterocycles. The molecule has 140 valence electrons. The van der Waals surface area contributed by atoms with Crippen molar-refractivity contribution in [1.29, 1.82) is 0 Å². The summed E-state index contributed by atoms with van der Waals surface area (Å²) >= 11 is 5.83. The van der Waals surface area contributed by atoms with Crippen molar-refractivity contribution in [3.8, 4) is 0 Å². The number of carbonyl (C=O) groups excluding carboxylic acids is 2. The molecule has 0 aromatic heterocycles. The Kier molecular flexibility index (Phi) is 8.05. The number of carboxylic acid groups (broad SMARTS) is 1. The van der Waals surface area contributed by atoms with Gasteiger partial charge in [-0.3, -0.25) is 14.4 Å². The summed E-state index contributed by atoms with van der Waals surface area (Å²) in [6.07, 6.45) is 9.29. The lowest BCUT2D eigenvalue weighted by molar-refractivity contribution is -0.137. The van der Waals surface area contributed by atoms with Gasteiger partial charge >= 0.3 is 5.97 Å². The van der Waals surface area contributed by atoms with Gasteiger partial charge in [-0.1, -0.05) is 36.9 Å². The van der Waals surface area contributed by atoms with E-state index >= 15 is 0 Å². The second-order valence-corrected chi connectivity index (χ2v) is 7.29. The van der Waals surface area contributed by atoms with Gasteiger partial charge in [0, 0.05) is 29.3 Å². The topological polar surface area (TPSA) is 71.4 Å². The Balaban J connectivity index is 1.81. The number of benzene rings is 1. The molecule has 0 amide bonds. The maximum atomic E-state index is 12.2. The molecule has 0 spiro atoms. The lowest BCUT2D eigenvalue weighted by Crippen LogP contribution is -2.13. The molecular formula is C21H25ClO4. The molecule has 2 atom stereocenters. The predicted molar refractivity (Wildman–Crippen MR) is 101 cm³/mol. The Morgan fingerprint density at radius 2 is 1.81 bits per heavy atom. The largest absolute Gasteiger partial charge is 0.481 e. The molecular weight excluding hydrogens is 352 g/mol. The molecule has 2 rings (SSSR count). The highest BCUT2D eigenvalue weighted by molar-refractivity contribution is 6.30. The lowest BCUT2D eigenvalue weighted by Gasteiger charge is -2.14. The number of unbranched alkanes of at least 4 members (excludes halogenated alkanes) is 3. The van der Waals surface area contributed by atoms with Crippen molar-refractivity contribution in [1.82, 2.24) is 0 Å². The Morgan fingerprint density at radius 3 is 2.50 bits per heavy atom. The number of carbonyl (C=O) groups is 3. The van der Waals surface area contributed by atoms with Crippen molar-refractivity contribution >= 4 is 29.1 Å². The zero-order valence-corrected chi connectivity index (χ0v) is 15.6. The van der Waals surface area contributed by atoms with Crippen LogP contribution >= 0.6 is 11.6 Å². The average Bonchev–Trinajstić information content (AvgIpc) is 2.96. The number of allylic oxidation sites excluding steroid dienone is 2. The second kappa shape index (κ2) is 10.3. The van der Waals surface area contributed by atoms with E-state index in [4.69, 9.17) is 16.7 Å². The predicted octanol–water partition coefficient (Wildman–Crippen LogP) is 5.10. The molecule has 5 heteroatoms. The number of hydrogen-bond donors (Lipinski definition) is 1. The smallest absolute Gasteiger partial charge is 0.303 e. The normalized spacial score (nSPS) is 20.0. The van der Waals surface area contributed by atoms with E-state index in [0.717, 1.165) is 32.1 Å². The summed E-state index contributed by atoms with van der Waals surface area (Å²) in [5.41, 5.74) is 0.588. The van der Waals surface area contributed by atoms with Gasteiger partial charge in [0.25, 0.3) is 0 Å². The first-order chi connectivity index (χ1) is 12.5. The number of halogens is 1. The number of ketones is 2. The molecule has 1 aromatic rings. The molecule has 2 unspecified atom stereocenters. The first-order valence-electron chi connectivity index (χ1n) is 9.20. The van der Waals surface area contributed by atoms with Gasteiger partial charge in [-0.2, -0.15) is 0 Å². The molecule has 0 aliphatic heterocycles. The van der Waals surface area contributed by atoms with Crippen LogP contribution in [0.25, 0.3) is 0 Å². The van der Waals surface area contributed by atoms with E-state index < -0.39 is 5.97 Å². The lowest BCUT2D eigenvalue weighted by atomic mass is 9.89. The molecule has 4 nitrogen and oxygen atoms in total. The van der Waals surface area contributed by atoms with Crippen LogP contribution in [0, 0.1) is 11.8 Å². The van der Waals surface area contributed by atoms with Crippen molar-refractivity contribution in [3.05, 3.63) is 47.0 Å². The van der Waals surface area contributed by atoms with Gasteiger partial charge in [0.05, 0.1) is 0 Å². The van der Waals surface area contributed by atoms with E-state index in [1.54, 1.807) is 30.3 Å². The minimum Gasteiger partial charge on any atom is -0.481 e. The van der Waals surface area contributed by atoms with Crippen molar-refractivity contribution in [2.45, 2.75) is 51.4 Å². The molecule has 1 aliphatic rings. The van der Waals surface area contributed by atoms with E-state index in [1.165, 1.54) is 0 Å². The zero-order valence-electron chi connectivity index (χ0n) is 14.8. The number of Topliss-reactive ketones (excluding diaryl/α,β-unsaturated/α-hetero) is 1. The van der Waals surface area contributed by atoms with Crippen LogP contribution in [0.1, 0.15) is 61.7 Å². The SMILES string of the molecule is O=C(O)CCCCCCC1C(=O)CCC1/C=C/C(=O)c1ccc(Cl)cc1. The Morgan fingerprint density at radius 1 is 1.12 bits per heavy atom. The van der Waals surface area contributed by atoms with Crippen LogP contribution in [-0.2, 0) is 9.59 Å². The highest BCUT2D eigenvalue weighted by atomic mass is 35.5. The fourth-order valence-corrected chi connectivity index (χ4v) is 3.58. The van der Waals surface area contributed by atoms with Crippen molar-refractivity contribution in [2.24, 2.45) is 11.8 Å². The highest BCUT2D eigenvalue weighted by Gasteiger charge is 2.32. The maximum Gasteiger partial charge on any atom is 0.303 e. The average molecular weight is 377 g/mol. The van der Waals surface area contributed by atoms with Crippen LogP contribution in [0.5, 0.6) is 0 Å². The molecule has 0 bridgehead atoms. The van der Waals surface area contributed by atoms with Crippen LogP contribution in [0.15, 0.2) is 36.4 Å². The van der Waals surface area contributed by atoms with Gasteiger partial charge in [-0.05, 0) is 55.5 Å². The van der Waals surface area contributed by atoms with Crippen LogP contribution in [0.2, 0.25) is 5.02 Å². The molecule has 1 saturated carbocycles. The van der Waals surface area contributed by atoms with Crippen molar-refractivity contribution < 1.29 is 19.5 Å². The minimum atomic E-state index is -0.758. The molecule has 1 aliphatic carbocycles. The fourth-order valence-electron chi connectivity index (χ4n) is 3.46. The molecule has 1 N–H and O–H groups in total. The first kappa shape index (κ1) is 20.4. The monoisotopic (exact) mass is 376 g/mol. The van der Waals surface area contributed by atoms with Gasteiger partial charge in [-0.25, -0.2) is 0 Å². The Bertz CT molecular complexity index is 663. The number of hydrogen-bond acceptors (Lipinski definition) is 3. The van der Waals surface area contributed by atoms with Crippen LogP contribution in [0.4, 0.5) is 0 Å². The summed E-state index contributed by atoms with van der Waals surface area (Å²) in [5, 5.41) is 9.22. The second-order valence-electron chi connectivity index (χ2n) is 6.85. The van der Waals surface area contributed by atoms with E-state index in [2.05, 4.69) is 0 Å². The maximum absolute atomic E-state index is 12.2. The van der Waals surface area contributed by atoms with Crippen LogP contribution in [0.3, 0.4) is 0 Å². The Hall–Kier alpha value is -1.94. The molecule has 0 heterocycles. The summed E-state index contributed by atoms with van der Waals surface area (Å²) in [4.78, 5) is 34.8. The van der Waals surface area contributed by atoms with E-state index in [-0.39, 0.29) is 29.8 Å². The molecule has 0 radical (unpaired) electrons. The minimum absolute atomic E-state index is 0.0104. The summed E-state index contributed by atoms with van der Waals surface area (Å²) in [6, 6.07) is 6.77. The third-order valence-electron chi connectivity index (χ3n) is 4.93. The summed E-state index contributed by atoms with van der Waals surface area (Å²) in [7, 11) is 0. The van der Waals surface area contributed by atoms with Gasteiger partial charge in [0.1, 0.15) is 5.78 Å². The number of carboxylic acids is 1. The summed E-state index contributed by atoms with van der Waals surface area (Å²) < 4.78 is 0. The fraction of sp³-hybridized carbons (Fsp3) is 0.476. The highest BCUT2D eigenvalue weighted by Crippen LogP contribution is 2.34. The van der Waals surface area contributed by atoms with Gasteiger partial charge < -0.3 is 5.11 Å². The van der Waals surface area contributed by atoms with Gasteiger partial charge in [0.15, 0.2) is 5.78 Å². The van der Waals surface area contributed by atoms with Crippen molar-refractivity contribution in [2.75, 3.05) is 0 Å².